The minimum Gasteiger partial charge on any atom is -0.465 e. The molecule has 0 aliphatic heterocycles. The van der Waals surface area contributed by atoms with E-state index in [0.29, 0.717) is 27.7 Å². The van der Waals surface area contributed by atoms with Crippen molar-refractivity contribution < 1.29 is 14.3 Å². The van der Waals surface area contributed by atoms with Crippen LogP contribution in [0.1, 0.15) is 39.0 Å². The molecule has 0 unspecified atom stereocenters. The highest BCUT2D eigenvalue weighted by atomic mass is 32.2. The van der Waals surface area contributed by atoms with E-state index in [1.54, 1.807) is 39.2 Å². The summed E-state index contributed by atoms with van der Waals surface area (Å²) in [6, 6.07) is 1.72. The van der Waals surface area contributed by atoms with E-state index in [1.165, 1.54) is 18.9 Å². The van der Waals surface area contributed by atoms with Crippen LogP contribution in [-0.2, 0) is 4.74 Å². The zero-order chi connectivity index (χ0) is 16.3. The average Bonchev–Trinajstić information content (AvgIpc) is 2.81. The maximum atomic E-state index is 12.6. The van der Waals surface area contributed by atoms with Gasteiger partial charge in [-0.3, -0.25) is 4.79 Å². The Morgan fingerprint density at radius 2 is 1.91 bits per heavy atom. The van der Waals surface area contributed by atoms with Crippen LogP contribution in [0.5, 0.6) is 0 Å². The number of aromatic amines is 1. The SMILES string of the molecule is COC(=O)c1c(C)[nH]c(C(=O)[C@H](C)Sc2ncccn2)c1C. The molecule has 1 N–H and O–H groups in total. The van der Waals surface area contributed by atoms with Crippen LogP contribution in [-0.4, -0.2) is 39.1 Å². The molecule has 1 atom stereocenters. The number of rotatable bonds is 5. The largest absolute Gasteiger partial charge is 0.465 e. The molecule has 2 rings (SSSR count). The van der Waals surface area contributed by atoms with Crippen LogP contribution in [0.25, 0.3) is 0 Å². The lowest BCUT2D eigenvalue weighted by molar-refractivity contribution is 0.0599. The summed E-state index contributed by atoms with van der Waals surface area (Å²) in [6.07, 6.45) is 3.26. The van der Waals surface area contributed by atoms with E-state index in [1.807, 2.05) is 0 Å². The van der Waals surface area contributed by atoms with Gasteiger partial charge in [0.1, 0.15) is 0 Å². The second kappa shape index (κ2) is 6.74. The van der Waals surface area contributed by atoms with Crippen LogP contribution in [0.15, 0.2) is 23.6 Å². The van der Waals surface area contributed by atoms with E-state index in [9.17, 15) is 9.59 Å². The van der Waals surface area contributed by atoms with Gasteiger partial charge in [-0.2, -0.15) is 0 Å². The zero-order valence-corrected chi connectivity index (χ0v) is 13.7. The summed E-state index contributed by atoms with van der Waals surface area (Å²) in [5, 5.41) is 0.169. The normalized spacial score (nSPS) is 12.0. The third-order valence-corrected chi connectivity index (χ3v) is 4.26. The van der Waals surface area contributed by atoms with Gasteiger partial charge < -0.3 is 9.72 Å². The molecule has 0 aliphatic carbocycles. The molecule has 6 nitrogen and oxygen atoms in total. The zero-order valence-electron chi connectivity index (χ0n) is 12.8. The molecule has 2 aromatic heterocycles. The average molecular weight is 319 g/mol. The number of hydrogen-bond acceptors (Lipinski definition) is 6. The molecule has 0 radical (unpaired) electrons. The number of nitrogens with zero attached hydrogens (tertiary/aromatic N) is 2. The van der Waals surface area contributed by atoms with E-state index < -0.39 is 5.97 Å². The number of carbonyl (C=O) groups excluding carboxylic acids is 2. The number of thioether (sulfide) groups is 1. The monoisotopic (exact) mass is 319 g/mol. The molecule has 0 bridgehead atoms. The molecule has 0 saturated carbocycles. The van der Waals surface area contributed by atoms with Gasteiger partial charge in [0.05, 0.1) is 23.6 Å². The van der Waals surface area contributed by atoms with E-state index in [0.717, 1.165) is 0 Å². The summed E-state index contributed by atoms with van der Waals surface area (Å²) in [4.78, 5) is 35.5. The number of hydrogen-bond donors (Lipinski definition) is 1. The fourth-order valence-corrected chi connectivity index (χ4v) is 2.95. The Hall–Kier alpha value is -2.15. The van der Waals surface area contributed by atoms with Crippen molar-refractivity contribution in [3.63, 3.8) is 0 Å². The second-order valence-corrected chi connectivity index (χ2v) is 6.08. The first-order valence-corrected chi connectivity index (χ1v) is 7.59. The summed E-state index contributed by atoms with van der Waals surface area (Å²) in [7, 11) is 1.32. The lowest BCUT2D eigenvalue weighted by Gasteiger charge is -2.08. The Bertz CT molecular complexity index is 698. The van der Waals surface area contributed by atoms with Gasteiger partial charge in [-0.25, -0.2) is 14.8 Å². The van der Waals surface area contributed by atoms with Gasteiger partial charge in [-0.1, -0.05) is 11.8 Å². The molecule has 0 aliphatic rings. The molecule has 0 fully saturated rings. The number of methoxy groups -OCH3 is 1. The fraction of sp³-hybridized carbons (Fsp3) is 0.333. The van der Waals surface area contributed by atoms with Crippen molar-refractivity contribution in [2.45, 2.75) is 31.2 Å². The number of nitrogens with one attached hydrogen (secondary N) is 1. The molecule has 22 heavy (non-hydrogen) atoms. The molecular formula is C15H17N3O3S. The number of carbonyl (C=O) groups is 2. The smallest absolute Gasteiger partial charge is 0.339 e. The standard InChI is InChI=1S/C15H17N3O3S/c1-8-11(14(20)21-4)9(2)18-12(8)13(19)10(3)22-15-16-6-5-7-17-15/h5-7,10,18H,1-4H3/t10-/m0/s1. The van der Waals surface area contributed by atoms with E-state index in [4.69, 9.17) is 4.74 Å². The molecular weight excluding hydrogens is 302 g/mol. The van der Waals surface area contributed by atoms with Gasteiger partial charge in [0.2, 0.25) is 0 Å². The number of aromatic nitrogens is 3. The highest BCUT2D eigenvalue weighted by Gasteiger charge is 2.26. The lowest BCUT2D eigenvalue weighted by atomic mass is 10.1. The molecule has 0 aromatic carbocycles. The predicted octanol–water partition coefficient (Wildman–Crippen LogP) is 2.57. The first-order chi connectivity index (χ1) is 10.5. The van der Waals surface area contributed by atoms with Crippen LogP contribution in [0.4, 0.5) is 0 Å². The Morgan fingerprint density at radius 1 is 1.27 bits per heavy atom. The second-order valence-electron chi connectivity index (χ2n) is 4.77. The Labute approximate surface area is 132 Å². The van der Waals surface area contributed by atoms with Gasteiger partial charge >= 0.3 is 5.97 Å². The summed E-state index contributed by atoms with van der Waals surface area (Å²) in [6.45, 7) is 5.27. The Morgan fingerprint density at radius 3 is 2.50 bits per heavy atom. The van der Waals surface area contributed by atoms with Gasteiger partial charge in [0.25, 0.3) is 0 Å². The van der Waals surface area contributed by atoms with E-state index >= 15 is 0 Å². The van der Waals surface area contributed by atoms with Crippen LogP contribution in [0.2, 0.25) is 0 Å². The van der Waals surface area contributed by atoms with Crippen molar-refractivity contribution in [3.8, 4) is 0 Å². The van der Waals surface area contributed by atoms with E-state index in [-0.39, 0.29) is 11.0 Å². The highest BCUT2D eigenvalue weighted by Crippen LogP contribution is 2.25. The number of ether oxygens (including phenoxy) is 1. The highest BCUT2D eigenvalue weighted by molar-refractivity contribution is 8.00. The van der Waals surface area contributed by atoms with Gasteiger partial charge in [-0.05, 0) is 32.4 Å². The van der Waals surface area contributed by atoms with Crippen molar-refractivity contribution in [2.75, 3.05) is 7.11 Å². The third kappa shape index (κ3) is 3.19. The molecule has 2 heterocycles. The van der Waals surface area contributed by atoms with Gasteiger partial charge in [-0.15, -0.1) is 0 Å². The summed E-state index contributed by atoms with van der Waals surface area (Å²) in [5.74, 6) is -0.551. The molecule has 7 heteroatoms. The lowest BCUT2D eigenvalue weighted by Crippen LogP contribution is -2.16. The molecule has 116 valence electrons. The first kappa shape index (κ1) is 16.2. The quantitative estimate of drug-likeness (QED) is 0.394. The minimum atomic E-state index is -0.447. The Kier molecular flexibility index (Phi) is 4.97. The number of Topliss-reactive ketones (excluding diaryl/α,β-unsaturated/α-hetero) is 1. The first-order valence-electron chi connectivity index (χ1n) is 6.71. The summed E-state index contributed by atoms with van der Waals surface area (Å²) >= 11 is 1.28. The van der Waals surface area contributed by atoms with Crippen molar-refractivity contribution in [2.24, 2.45) is 0 Å². The molecule has 0 saturated heterocycles. The fourth-order valence-electron chi connectivity index (χ4n) is 2.17. The van der Waals surface area contributed by atoms with E-state index in [2.05, 4.69) is 15.0 Å². The summed E-state index contributed by atoms with van der Waals surface area (Å²) in [5.41, 5.74) is 2.07. The van der Waals surface area contributed by atoms with Crippen LogP contribution >= 0.6 is 11.8 Å². The van der Waals surface area contributed by atoms with Crippen molar-refractivity contribution in [3.05, 3.63) is 41.0 Å². The van der Waals surface area contributed by atoms with Gasteiger partial charge in [0, 0.05) is 18.1 Å². The van der Waals surface area contributed by atoms with Gasteiger partial charge in [0.15, 0.2) is 10.9 Å². The maximum absolute atomic E-state index is 12.6. The predicted molar refractivity (Wildman–Crippen MR) is 83.3 cm³/mol. The van der Waals surface area contributed by atoms with Crippen molar-refractivity contribution in [1.29, 1.82) is 0 Å². The number of esters is 1. The number of aryl methyl sites for hydroxylation is 1. The maximum Gasteiger partial charge on any atom is 0.339 e. The van der Waals surface area contributed by atoms with Crippen molar-refractivity contribution in [1.82, 2.24) is 15.0 Å². The summed E-state index contributed by atoms with van der Waals surface area (Å²) < 4.78 is 4.75. The number of H-pyrrole nitrogens is 1. The van der Waals surface area contributed by atoms with Crippen LogP contribution < -0.4 is 0 Å². The third-order valence-electron chi connectivity index (χ3n) is 3.27. The Balaban J connectivity index is 2.24. The van der Waals surface area contributed by atoms with Crippen LogP contribution in [0, 0.1) is 13.8 Å². The molecule has 2 aromatic rings. The van der Waals surface area contributed by atoms with Crippen LogP contribution in [0.3, 0.4) is 0 Å². The molecule has 0 spiro atoms. The topological polar surface area (TPSA) is 84.9 Å². The minimum absolute atomic E-state index is 0.104. The number of ketones is 1. The molecule has 0 amide bonds. The van der Waals surface area contributed by atoms with Crippen molar-refractivity contribution >= 4 is 23.5 Å².